The van der Waals surface area contributed by atoms with E-state index in [2.05, 4.69) is 25.6 Å². The van der Waals surface area contributed by atoms with Crippen LogP contribution in [0.25, 0.3) is 0 Å². The normalized spacial score (nSPS) is 11.4. The second kappa shape index (κ2) is 4.63. The van der Waals surface area contributed by atoms with Gasteiger partial charge in [-0.15, -0.1) is 11.3 Å². The van der Waals surface area contributed by atoms with Gasteiger partial charge in [-0.2, -0.15) is 0 Å². The highest BCUT2D eigenvalue weighted by Crippen LogP contribution is 2.29. The largest absolute Gasteiger partial charge is 0.383 e. The lowest BCUT2D eigenvalue weighted by molar-refractivity contribution is 0.601. The number of pyridine rings is 1. The molecule has 0 spiro atoms. The van der Waals surface area contributed by atoms with Crippen molar-refractivity contribution < 1.29 is 8.42 Å². The third-order valence-corrected chi connectivity index (χ3v) is 4.98. The van der Waals surface area contributed by atoms with E-state index in [1.807, 2.05) is 0 Å². The summed E-state index contributed by atoms with van der Waals surface area (Å²) in [6.45, 7) is 0. The summed E-state index contributed by atoms with van der Waals surface area (Å²) in [7, 11) is -3.68. The van der Waals surface area contributed by atoms with Crippen LogP contribution in [-0.2, 0) is 10.0 Å². The van der Waals surface area contributed by atoms with Crippen LogP contribution in [0.3, 0.4) is 0 Å². The molecule has 0 fully saturated rings. The molecule has 0 aromatic carbocycles. The lowest BCUT2D eigenvalue weighted by Crippen LogP contribution is -2.14. The van der Waals surface area contributed by atoms with Crippen molar-refractivity contribution >= 4 is 48.1 Å². The van der Waals surface area contributed by atoms with E-state index in [1.165, 1.54) is 29.7 Å². The number of aromatic nitrogens is 1. The molecule has 90 valence electrons. The fourth-order valence-corrected chi connectivity index (χ4v) is 3.85. The Hall–Kier alpha value is -1.12. The first kappa shape index (κ1) is 12.3. The summed E-state index contributed by atoms with van der Waals surface area (Å²) in [6, 6.07) is 6.36. The van der Waals surface area contributed by atoms with E-state index in [0.717, 1.165) is 3.79 Å². The molecule has 17 heavy (non-hydrogen) atoms. The zero-order valence-corrected chi connectivity index (χ0v) is 11.6. The quantitative estimate of drug-likeness (QED) is 0.902. The minimum Gasteiger partial charge on any atom is -0.383 e. The molecule has 0 atom stereocenters. The number of rotatable bonds is 3. The summed E-state index contributed by atoms with van der Waals surface area (Å²) < 4.78 is 27.3. The van der Waals surface area contributed by atoms with Crippen molar-refractivity contribution in [3.8, 4) is 0 Å². The number of nitrogens with zero attached hydrogens (tertiary/aromatic N) is 1. The third kappa shape index (κ3) is 2.76. The van der Waals surface area contributed by atoms with E-state index < -0.39 is 10.0 Å². The average molecular weight is 334 g/mol. The van der Waals surface area contributed by atoms with Gasteiger partial charge >= 0.3 is 0 Å². The molecule has 0 unspecified atom stereocenters. The molecule has 2 rings (SSSR count). The highest BCUT2D eigenvalue weighted by atomic mass is 79.9. The molecule has 2 aromatic rings. The maximum atomic E-state index is 12.0. The molecule has 2 aromatic heterocycles. The Morgan fingerprint density at radius 1 is 1.35 bits per heavy atom. The summed E-state index contributed by atoms with van der Waals surface area (Å²) in [4.78, 5) is 3.72. The number of nitrogens with one attached hydrogen (secondary N) is 1. The van der Waals surface area contributed by atoms with Gasteiger partial charge in [0.05, 0.1) is 3.79 Å². The highest BCUT2D eigenvalue weighted by molar-refractivity contribution is 9.11. The van der Waals surface area contributed by atoms with Crippen LogP contribution in [0.15, 0.2) is 39.1 Å². The number of sulfonamides is 1. The standard InChI is InChI=1S/C9H8BrN3O2S2/c10-7-3-4-8(16-7)13-17(14,15)6-2-1-5-12-9(6)11/h1-5,13H,(H2,11,12). The third-order valence-electron chi connectivity index (χ3n) is 1.90. The van der Waals surface area contributed by atoms with E-state index in [9.17, 15) is 8.42 Å². The predicted molar refractivity (Wildman–Crippen MR) is 71.5 cm³/mol. The van der Waals surface area contributed by atoms with Gasteiger partial charge in [0.15, 0.2) is 0 Å². The predicted octanol–water partition coefficient (Wildman–Crippen LogP) is 2.29. The number of hydrogen-bond acceptors (Lipinski definition) is 5. The number of thiophene rings is 1. The second-order valence-corrected chi connectivity index (χ2v) is 7.21. The first-order chi connectivity index (χ1) is 7.99. The Morgan fingerprint density at radius 2 is 2.12 bits per heavy atom. The Kier molecular flexibility index (Phi) is 3.36. The summed E-state index contributed by atoms with van der Waals surface area (Å²) in [5.41, 5.74) is 5.53. The van der Waals surface area contributed by atoms with Crippen LogP contribution in [0.2, 0.25) is 0 Å². The van der Waals surface area contributed by atoms with Crippen molar-refractivity contribution in [1.29, 1.82) is 0 Å². The zero-order valence-electron chi connectivity index (χ0n) is 8.42. The van der Waals surface area contributed by atoms with Crippen molar-refractivity contribution in [1.82, 2.24) is 4.98 Å². The van der Waals surface area contributed by atoms with Gasteiger partial charge in [-0.1, -0.05) is 0 Å². The number of hydrogen-bond donors (Lipinski definition) is 2. The maximum absolute atomic E-state index is 12.0. The molecule has 8 heteroatoms. The average Bonchev–Trinajstić information content (AvgIpc) is 2.63. The Morgan fingerprint density at radius 3 is 2.71 bits per heavy atom. The van der Waals surface area contributed by atoms with Gasteiger partial charge in [-0.3, -0.25) is 4.72 Å². The fraction of sp³-hybridized carbons (Fsp3) is 0. The fourth-order valence-electron chi connectivity index (χ4n) is 1.19. The van der Waals surface area contributed by atoms with Gasteiger partial charge in [-0.05, 0) is 40.2 Å². The molecular weight excluding hydrogens is 326 g/mol. The summed E-state index contributed by atoms with van der Waals surface area (Å²) >= 11 is 4.54. The van der Waals surface area contributed by atoms with Crippen LogP contribution in [0.4, 0.5) is 10.8 Å². The van der Waals surface area contributed by atoms with Crippen LogP contribution in [0.1, 0.15) is 0 Å². The van der Waals surface area contributed by atoms with Gasteiger partial charge in [0, 0.05) is 6.20 Å². The summed E-state index contributed by atoms with van der Waals surface area (Å²) in [5, 5.41) is 0.514. The van der Waals surface area contributed by atoms with Gasteiger partial charge in [0.2, 0.25) is 0 Å². The molecule has 5 nitrogen and oxygen atoms in total. The number of nitrogen functional groups attached to an aromatic ring is 1. The zero-order chi connectivity index (χ0) is 12.5. The lowest BCUT2D eigenvalue weighted by Gasteiger charge is -2.07. The lowest BCUT2D eigenvalue weighted by atomic mass is 10.5. The molecule has 0 bridgehead atoms. The van der Waals surface area contributed by atoms with E-state index in [0.29, 0.717) is 5.00 Å². The van der Waals surface area contributed by atoms with Crippen LogP contribution in [-0.4, -0.2) is 13.4 Å². The topological polar surface area (TPSA) is 85.1 Å². The van der Waals surface area contributed by atoms with Crippen molar-refractivity contribution in [3.63, 3.8) is 0 Å². The Bertz CT molecular complexity index is 639. The summed E-state index contributed by atoms with van der Waals surface area (Å²) in [6.07, 6.45) is 1.44. The molecule has 0 saturated heterocycles. The van der Waals surface area contributed by atoms with E-state index in [1.54, 1.807) is 12.1 Å². The molecule has 0 amide bonds. The van der Waals surface area contributed by atoms with E-state index >= 15 is 0 Å². The van der Waals surface area contributed by atoms with Crippen molar-refractivity contribution in [2.75, 3.05) is 10.5 Å². The molecule has 0 aliphatic heterocycles. The smallest absolute Gasteiger partial charge is 0.266 e. The molecule has 0 saturated carbocycles. The number of anilines is 2. The molecule has 0 aliphatic carbocycles. The Labute approximate surface area is 111 Å². The first-order valence-corrected chi connectivity index (χ1v) is 7.57. The molecule has 3 N–H and O–H groups in total. The molecule has 0 aliphatic rings. The van der Waals surface area contributed by atoms with Crippen molar-refractivity contribution in [2.24, 2.45) is 0 Å². The van der Waals surface area contributed by atoms with Crippen molar-refractivity contribution in [3.05, 3.63) is 34.2 Å². The van der Waals surface area contributed by atoms with E-state index in [-0.39, 0.29) is 10.7 Å². The maximum Gasteiger partial charge on any atom is 0.266 e. The number of nitrogens with two attached hydrogens (primary N) is 1. The SMILES string of the molecule is Nc1ncccc1S(=O)(=O)Nc1ccc(Br)s1. The van der Waals surface area contributed by atoms with Crippen LogP contribution >= 0.6 is 27.3 Å². The molecular formula is C9H8BrN3O2S2. The van der Waals surface area contributed by atoms with Gasteiger partial charge in [0.1, 0.15) is 15.7 Å². The first-order valence-electron chi connectivity index (χ1n) is 4.48. The Balaban J connectivity index is 2.35. The van der Waals surface area contributed by atoms with Crippen molar-refractivity contribution in [2.45, 2.75) is 4.90 Å². The van der Waals surface area contributed by atoms with Gasteiger partial charge in [0.25, 0.3) is 10.0 Å². The molecule has 0 radical (unpaired) electrons. The summed E-state index contributed by atoms with van der Waals surface area (Å²) in [5.74, 6) is -0.0179. The number of halogens is 1. The van der Waals surface area contributed by atoms with Crippen LogP contribution in [0, 0.1) is 0 Å². The van der Waals surface area contributed by atoms with Crippen LogP contribution in [0.5, 0.6) is 0 Å². The highest BCUT2D eigenvalue weighted by Gasteiger charge is 2.18. The monoisotopic (exact) mass is 333 g/mol. The minimum atomic E-state index is -3.68. The minimum absolute atomic E-state index is 0.0179. The van der Waals surface area contributed by atoms with E-state index in [4.69, 9.17) is 5.73 Å². The molecule has 2 heterocycles. The second-order valence-electron chi connectivity index (χ2n) is 3.10. The van der Waals surface area contributed by atoms with Crippen LogP contribution < -0.4 is 10.5 Å². The van der Waals surface area contributed by atoms with Gasteiger partial charge < -0.3 is 5.73 Å². The van der Waals surface area contributed by atoms with Gasteiger partial charge in [-0.25, -0.2) is 13.4 Å².